The van der Waals surface area contributed by atoms with Crippen molar-refractivity contribution in [1.29, 1.82) is 0 Å². The number of carbonyl (C=O) groups excluding carboxylic acids is 1. The molecule has 0 atom stereocenters. The fourth-order valence-corrected chi connectivity index (χ4v) is 2.63. The Kier molecular flexibility index (Phi) is 6.78. The average molecular weight is 391 g/mol. The maximum Gasteiger partial charge on any atom is 0.269 e. The predicted octanol–water partition coefficient (Wildman–Crippen LogP) is 4.02. The molecular weight excluding hydrogens is 370 g/mol. The van der Waals surface area contributed by atoms with Gasteiger partial charge in [0.25, 0.3) is 11.6 Å². The molecule has 148 valence electrons. The van der Waals surface area contributed by atoms with Crippen molar-refractivity contribution in [3.05, 3.63) is 100 Å². The number of nitro benzene ring substituents is 1. The van der Waals surface area contributed by atoms with Crippen LogP contribution < -0.4 is 15.4 Å². The van der Waals surface area contributed by atoms with E-state index in [1.807, 2.05) is 30.3 Å². The lowest BCUT2D eigenvalue weighted by Gasteiger charge is -2.09. The number of nitrogens with one attached hydrogen (secondary N) is 2. The summed E-state index contributed by atoms with van der Waals surface area (Å²) in [5.41, 5.74) is 2.42. The molecule has 0 radical (unpaired) electrons. The molecule has 3 aromatic rings. The third-order valence-corrected chi connectivity index (χ3v) is 4.18. The smallest absolute Gasteiger partial charge is 0.269 e. The van der Waals surface area contributed by atoms with Gasteiger partial charge in [-0.25, -0.2) is 0 Å². The van der Waals surface area contributed by atoms with E-state index in [4.69, 9.17) is 4.74 Å². The Morgan fingerprint density at radius 1 is 0.897 bits per heavy atom. The van der Waals surface area contributed by atoms with Crippen LogP contribution in [-0.4, -0.2) is 23.9 Å². The molecule has 0 aliphatic heterocycles. The quantitative estimate of drug-likeness (QED) is 0.326. The lowest BCUT2D eigenvalue weighted by Crippen LogP contribution is -2.28. The van der Waals surface area contributed by atoms with E-state index in [1.165, 1.54) is 12.1 Å². The molecule has 7 heteroatoms. The molecule has 0 aromatic heterocycles. The minimum atomic E-state index is -0.442. The molecule has 0 saturated heterocycles. The number of amides is 1. The van der Waals surface area contributed by atoms with Crippen molar-refractivity contribution in [3.63, 3.8) is 0 Å². The molecule has 29 heavy (non-hydrogen) atoms. The third-order valence-electron chi connectivity index (χ3n) is 4.18. The molecule has 0 aliphatic rings. The lowest BCUT2D eigenvalue weighted by atomic mass is 10.2. The number of nitro groups is 1. The number of nitrogens with zero attached hydrogens (tertiary/aromatic N) is 1. The Morgan fingerprint density at radius 3 is 2.24 bits per heavy atom. The van der Waals surface area contributed by atoms with E-state index < -0.39 is 4.92 Å². The number of carbonyl (C=O) groups is 1. The zero-order chi connectivity index (χ0) is 20.5. The van der Waals surface area contributed by atoms with E-state index >= 15 is 0 Å². The molecule has 0 fully saturated rings. The summed E-state index contributed by atoms with van der Waals surface area (Å²) < 4.78 is 5.71. The molecule has 3 aromatic carbocycles. The molecule has 0 bridgehead atoms. The second-order valence-corrected chi connectivity index (χ2v) is 6.29. The van der Waals surface area contributed by atoms with Crippen molar-refractivity contribution < 1.29 is 14.5 Å². The number of ether oxygens (including phenoxy) is 1. The van der Waals surface area contributed by atoms with E-state index in [-0.39, 0.29) is 11.6 Å². The number of non-ortho nitro benzene ring substituents is 1. The minimum Gasteiger partial charge on any atom is -0.489 e. The average Bonchev–Trinajstić information content (AvgIpc) is 2.76. The van der Waals surface area contributed by atoms with Crippen molar-refractivity contribution in [2.24, 2.45) is 0 Å². The Balaban J connectivity index is 1.40. The largest absolute Gasteiger partial charge is 0.489 e. The van der Waals surface area contributed by atoms with Crippen LogP contribution >= 0.6 is 0 Å². The van der Waals surface area contributed by atoms with Gasteiger partial charge in [0.05, 0.1) is 4.92 Å². The highest BCUT2D eigenvalue weighted by atomic mass is 16.6. The summed E-state index contributed by atoms with van der Waals surface area (Å²) in [6.07, 6.45) is 0. The van der Waals surface area contributed by atoms with Crippen LogP contribution in [0.15, 0.2) is 78.9 Å². The van der Waals surface area contributed by atoms with E-state index in [0.717, 1.165) is 11.3 Å². The minimum absolute atomic E-state index is 0.0417. The third kappa shape index (κ3) is 6.07. The van der Waals surface area contributed by atoms with Crippen LogP contribution in [0.2, 0.25) is 0 Å². The molecule has 1 amide bonds. The summed E-state index contributed by atoms with van der Waals surface area (Å²) in [5, 5.41) is 16.6. The van der Waals surface area contributed by atoms with Crippen LogP contribution in [0.25, 0.3) is 0 Å². The SMILES string of the molecule is O=C(NCCNc1ccc([N+](=O)[O-])cc1)c1ccc(OCc2ccccc2)cc1. The summed E-state index contributed by atoms with van der Waals surface area (Å²) in [7, 11) is 0. The lowest BCUT2D eigenvalue weighted by molar-refractivity contribution is -0.384. The first-order chi connectivity index (χ1) is 14.1. The molecule has 3 rings (SSSR count). The van der Waals surface area contributed by atoms with Gasteiger partial charge in [-0.1, -0.05) is 30.3 Å². The maximum absolute atomic E-state index is 12.2. The van der Waals surface area contributed by atoms with Crippen LogP contribution in [0, 0.1) is 10.1 Å². The fraction of sp³-hybridized carbons (Fsp3) is 0.136. The zero-order valence-corrected chi connectivity index (χ0v) is 15.7. The Hall–Kier alpha value is -3.87. The van der Waals surface area contributed by atoms with Gasteiger partial charge in [0.1, 0.15) is 12.4 Å². The molecule has 0 aliphatic carbocycles. The monoisotopic (exact) mass is 391 g/mol. The molecule has 0 saturated carbocycles. The molecule has 7 nitrogen and oxygen atoms in total. The summed E-state index contributed by atoms with van der Waals surface area (Å²) in [5.74, 6) is 0.523. The highest BCUT2D eigenvalue weighted by molar-refractivity contribution is 5.94. The van der Waals surface area contributed by atoms with Crippen LogP contribution in [0.1, 0.15) is 15.9 Å². The van der Waals surface area contributed by atoms with Crippen molar-refractivity contribution in [1.82, 2.24) is 5.32 Å². The van der Waals surface area contributed by atoms with Gasteiger partial charge in [0.2, 0.25) is 0 Å². The van der Waals surface area contributed by atoms with Gasteiger partial charge in [-0.2, -0.15) is 0 Å². The molecular formula is C22H21N3O4. The van der Waals surface area contributed by atoms with Gasteiger partial charge in [0, 0.05) is 36.5 Å². The van der Waals surface area contributed by atoms with Crippen LogP contribution in [0.3, 0.4) is 0 Å². The maximum atomic E-state index is 12.2. The molecule has 0 spiro atoms. The van der Waals surface area contributed by atoms with E-state index in [0.29, 0.717) is 31.0 Å². The van der Waals surface area contributed by atoms with Crippen molar-refractivity contribution >= 4 is 17.3 Å². The Labute approximate surface area is 168 Å². The van der Waals surface area contributed by atoms with Gasteiger partial charge in [-0.05, 0) is 42.0 Å². The van der Waals surface area contributed by atoms with Gasteiger partial charge < -0.3 is 15.4 Å². The molecule has 0 unspecified atom stereocenters. The van der Waals surface area contributed by atoms with Crippen LogP contribution in [0.4, 0.5) is 11.4 Å². The highest BCUT2D eigenvalue weighted by Crippen LogP contribution is 2.15. The summed E-state index contributed by atoms with van der Waals surface area (Å²) in [6, 6.07) is 23.0. The van der Waals surface area contributed by atoms with Crippen molar-refractivity contribution in [2.45, 2.75) is 6.61 Å². The number of anilines is 1. The van der Waals surface area contributed by atoms with E-state index in [1.54, 1.807) is 36.4 Å². The van der Waals surface area contributed by atoms with Gasteiger partial charge in [-0.15, -0.1) is 0 Å². The van der Waals surface area contributed by atoms with Gasteiger partial charge in [-0.3, -0.25) is 14.9 Å². The van der Waals surface area contributed by atoms with Crippen LogP contribution in [0.5, 0.6) is 5.75 Å². The van der Waals surface area contributed by atoms with Gasteiger partial charge in [0.15, 0.2) is 0 Å². The van der Waals surface area contributed by atoms with E-state index in [9.17, 15) is 14.9 Å². The number of hydrogen-bond acceptors (Lipinski definition) is 5. The Morgan fingerprint density at radius 2 is 1.59 bits per heavy atom. The second-order valence-electron chi connectivity index (χ2n) is 6.29. The molecule has 0 heterocycles. The molecule has 2 N–H and O–H groups in total. The fourth-order valence-electron chi connectivity index (χ4n) is 2.63. The first-order valence-corrected chi connectivity index (χ1v) is 9.15. The van der Waals surface area contributed by atoms with Gasteiger partial charge >= 0.3 is 0 Å². The summed E-state index contributed by atoms with van der Waals surface area (Å²) in [4.78, 5) is 22.4. The van der Waals surface area contributed by atoms with Crippen LogP contribution in [-0.2, 0) is 6.61 Å². The summed E-state index contributed by atoms with van der Waals surface area (Å²) in [6.45, 7) is 1.39. The highest BCUT2D eigenvalue weighted by Gasteiger charge is 2.06. The van der Waals surface area contributed by atoms with E-state index in [2.05, 4.69) is 10.6 Å². The second kappa shape index (κ2) is 9.89. The normalized spacial score (nSPS) is 10.2. The standard InChI is InChI=1S/C22H21N3O4/c26-22(24-15-14-23-19-8-10-20(11-9-19)25(27)28)18-6-12-21(13-7-18)29-16-17-4-2-1-3-5-17/h1-13,23H,14-16H2,(H,24,26). The van der Waals surface area contributed by atoms with Crippen molar-refractivity contribution in [2.75, 3.05) is 18.4 Å². The summed E-state index contributed by atoms with van der Waals surface area (Å²) >= 11 is 0. The topological polar surface area (TPSA) is 93.5 Å². The zero-order valence-electron chi connectivity index (χ0n) is 15.7. The Bertz CT molecular complexity index is 942. The first kappa shape index (κ1) is 19.9. The number of rotatable bonds is 9. The first-order valence-electron chi connectivity index (χ1n) is 9.15. The number of hydrogen-bond donors (Lipinski definition) is 2. The predicted molar refractivity (Wildman–Crippen MR) is 111 cm³/mol. The number of benzene rings is 3. The van der Waals surface area contributed by atoms with Crippen molar-refractivity contribution in [3.8, 4) is 5.75 Å².